The van der Waals surface area contributed by atoms with Gasteiger partial charge in [-0.2, -0.15) is 0 Å². The van der Waals surface area contributed by atoms with Gasteiger partial charge in [-0.25, -0.2) is 8.42 Å². The molecule has 0 bridgehead atoms. The Hall–Kier alpha value is -3.03. The lowest BCUT2D eigenvalue weighted by molar-refractivity contribution is 0.0939. The summed E-state index contributed by atoms with van der Waals surface area (Å²) < 4.78 is 32.5. The molecule has 0 aliphatic heterocycles. The summed E-state index contributed by atoms with van der Waals surface area (Å²) in [5.74, 6) is 0.249. The van der Waals surface area contributed by atoms with E-state index in [2.05, 4.69) is 5.32 Å². The molecule has 0 saturated heterocycles. The van der Waals surface area contributed by atoms with Crippen molar-refractivity contribution in [1.29, 1.82) is 0 Å². The molecule has 1 atom stereocenters. The van der Waals surface area contributed by atoms with E-state index in [9.17, 15) is 13.2 Å². The zero-order chi connectivity index (χ0) is 22.6. The number of halogens is 1. The fourth-order valence-electron chi connectivity index (χ4n) is 3.03. The molecule has 0 aliphatic carbocycles. The van der Waals surface area contributed by atoms with Crippen LogP contribution in [0.1, 0.15) is 28.9 Å². The van der Waals surface area contributed by atoms with Crippen molar-refractivity contribution in [3.8, 4) is 5.75 Å². The van der Waals surface area contributed by atoms with E-state index in [4.69, 9.17) is 16.3 Å². The van der Waals surface area contributed by atoms with E-state index in [-0.39, 0.29) is 22.4 Å². The summed E-state index contributed by atoms with van der Waals surface area (Å²) in [6.45, 7) is 1.83. The molecule has 0 spiro atoms. The second kappa shape index (κ2) is 9.41. The fraction of sp³-hybridized carbons (Fsp3) is 0.174. The summed E-state index contributed by atoms with van der Waals surface area (Å²) in [5.41, 5.74) is 1.58. The molecule has 0 fully saturated rings. The van der Waals surface area contributed by atoms with Gasteiger partial charge in [-0.1, -0.05) is 29.8 Å². The van der Waals surface area contributed by atoms with Crippen LogP contribution in [0.15, 0.2) is 77.7 Å². The maximum absolute atomic E-state index is 13.1. The van der Waals surface area contributed by atoms with Gasteiger partial charge in [-0.3, -0.25) is 9.10 Å². The molecule has 3 rings (SSSR count). The smallest absolute Gasteiger partial charge is 0.264 e. The number of methoxy groups -OCH3 is 1. The van der Waals surface area contributed by atoms with Crippen LogP contribution >= 0.6 is 11.6 Å². The first-order chi connectivity index (χ1) is 14.7. The van der Waals surface area contributed by atoms with Crippen molar-refractivity contribution < 1.29 is 17.9 Å². The molecule has 0 aliphatic rings. The number of nitrogens with zero attached hydrogens (tertiary/aromatic N) is 1. The number of ether oxygens (including phenoxy) is 1. The Kier molecular flexibility index (Phi) is 6.87. The molecule has 0 aromatic heterocycles. The van der Waals surface area contributed by atoms with Gasteiger partial charge in [-0.15, -0.1) is 0 Å². The average molecular weight is 459 g/mol. The summed E-state index contributed by atoms with van der Waals surface area (Å²) in [6, 6.07) is 19.5. The summed E-state index contributed by atoms with van der Waals surface area (Å²) in [7, 11) is -0.854. The third-order valence-electron chi connectivity index (χ3n) is 4.89. The normalized spacial score (nSPS) is 12.1. The number of nitrogens with one attached hydrogen (secondary N) is 1. The largest absolute Gasteiger partial charge is 0.497 e. The molecule has 8 heteroatoms. The maximum Gasteiger partial charge on any atom is 0.264 e. The number of carbonyl (C=O) groups excluding carboxylic acids is 1. The molecular weight excluding hydrogens is 436 g/mol. The first-order valence-corrected chi connectivity index (χ1v) is 11.3. The monoisotopic (exact) mass is 458 g/mol. The molecule has 3 aromatic rings. The van der Waals surface area contributed by atoms with Gasteiger partial charge in [0, 0.05) is 17.6 Å². The van der Waals surface area contributed by atoms with Gasteiger partial charge < -0.3 is 10.1 Å². The molecule has 3 aromatic carbocycles. The van der Waals surface area contributed by atoms with Gasteiger partial charge in [0.05, 0.1) is 23.7 Å². The second-order valence-electron chi connectivity index (χ2n) is 6.95. The van der Waals surface area contributed by atoms with Gasteiger partial charge in [-0.05, 0) is 67.1 Å². The molecule has 1 N–H and O–H groups in total. The van der Waals surface area contributed by atoms with Crippen LogP contribution in [0.3, 0.4) is 0 Å². The first-order valence-electron chi connectivity index (χ1n) is 9.52. The van der Waals surface area contributed by atoms with E-state index in [1.54, 1.807) is 55.6 Å². The maximum atomic E-state index is 13.1. The van der Waals surface area contributed by atoms with Crippen LogP contribution in [0.25, 0.3) is 0 Å². The topological polar surface area (TPSA) is 75.7 Å². The lowest BCUT2D eigenvalue weighted by Crippen LogP contribution is -2.28. The summed E-state index contributed by atoms with van der Waals surface area (Å²) >= 11 is 6.02. The highest BCUT2D eigenvalue weighted by atomic mass is 35.5. The third kappa shape index (κ3) is 5.18. The quantitative estimate of drug-likeness (QED) is 0.558. The van der Waals surface area contributed by atoms with Crippen LogP contribution in [0.2, 0.25) is 5.02 Å². The molecule has 1 amide bonds. The fourth-order valence-corrected chi connectivity index (χ4v) is 4.47. The molecule has 6 nitrogen and oxygen atoms in total. The molecule has 0 heterocycles. The minimum absolute atomic E-state index is 0.0221. The van der Waals surface area contributed by atoms with E-state index in [0.717, 1.165) is 9.87 Å². The summed E-state index contributed by atoms with van der Waals surface area (Å²) in [6.07, 6.45) is 0. The molecule has 162 valence electrons. The highest BCUT2D eigenvalue weighted by Gasteiger charge is 2.23. The average Bonchev–Trinajstić information content (AvgIpc) is 2.78. The lowest BCUT2D eigenvalue weighted by Gasteiger charge is -2.20. The standard InChI is InChI=1S/C23H23ClN2O4S/c1-16(17-6-4-8-19(24)14-17)25-23(27)18-7-5-9-22(15-18)31(28,29)26(2)20-10-12-21(30-3)13-11-20/h4-16H,1-3H3,(H,25,27). The van der Waals surface area contributed by atoms with E-state index < -0.39 is 10.0 Å². The van der Waals surface area contributed by atoms with E-state index in [1.165, 1.54) is 19.2 Å². The predicted octanol–water partition coefficient (Wildman–Crippen LogP) is 4.66. The van der Waals surface area contributed by atoms with Crippen LogP contribution in [0, 0.1) is 0 Å². The van der Waals surface area contributed by atoms with Crippen LogP contribution < -0.4 is 14.4 Å². The number of anilines is 1. The Balaban J connectivity index is 1.81. The molecule has 0 saturated carbocycles. The Morgan fingerprint density at radius 1 is 1.03 bits per heavy atom. The third-order valence-corrected chi connectivity index (χ3v) is 6.90. The lowest BCUT2D eigenvalue weighted by atomic mass is 10.1. The van der Waals surface area contributed by atoms with Gasteiger partial charge in [0.15, 0.2) is 0 Å². The van der Waals surface area contributed by atoms with Crippen LogP contribution in [0.4, 0.5) is 5.69 Å². The predicted molar refractivity (Wildman–Crippen MR) is 122 cm³/mol. The summed E-state index contributed by atoms with van der Waals surface area (Å²) in [5, 5.41) is 3.45. The Bertz CT molecular complexity index is 1180. The SMILES string of the molecule is COc1ccc(N(C)S(=O)(=O)c2cccc(C(=O)NC(C)c3cccc(Cl)c3)c2)cc1. The van der Waals surface area contributed by atoms with Crippen molar-refractivity contribution in [2.75, 3.05) is 18.5 Å². The van der Waals surface area contributed by atoms with Crippen molar-refractivity contribution >= 4 is 33.2 Å². The van der Waals surface area contributed by atoms with Crippen LogP contribution in [0.5, 0.6) is 5.75 Å². The Morgan fingerprint density at radius 2 is 1.71 bits per heavy atom. The van der Waals surface area contributed by atoms with Crippen molar-refractivity contribution in [3.05, 3.63) is 88.9 Å². The second-order valence-corrected chi connectivity index (χ2v) is 9.35. The van der Waals surface area contributed by atoms with Crippen LogP contribution in [-0.2, 0) is 10.0 Å². The Labute approximate surface area is 187 Å². The molecule has 1 unspecified atom stereocenters. The number of carbonyl (C=O) groups is 1. The van der Waals surface area contributed by atoms with Gasteiger partial charge in [0.1, 0.15) is 5.75 Å². The number of hydrogen-bond donors (Lipinski definition) is 1. The van der Waals surface area contributed by atoms with E-state index in [1.807, 2.05) is 19.1 Å². The van der Waals surface area contributed by atoms with Gasteiger partial charge >= 0.3 is 0 Å². The van der Waals surface area contributed by atoms with Gasteiger partial charge in [0.2, 0.25) is 0 Å². The number of sulfonamides is 1. The zero-order valence-electron chi connectivity index (χ0n) is 17.4. The highest BCUT2D eigenvalue weighted by Crippen LogP contribution is 2.25. The minimum Gasteiger partial charge on any atom is -0.497 e. The van der Waals surface area contributed by atoms with Crippen molar-refractivity contribution in [2.24, 2.45) is 0 Å². The van der Waals surface area contributed by atoms with E-state index in [0.29, 0.717) is 16.5 Å². The number of rotatable bonds is 7. The van der Waals surface area contributed by atoms with Crippen molar-refractivity contribution in [1.82, 2.24) is 5.32 Å². The zero-order valence-corrected chi connectivity index (χ0v) is 18.9. The van der Waals surface area contributed by atoms with Gasteiger partial charge in [0.25, 0.3) is 15.9 Å². The number of hydrogen-bond acceptors (Lipinski definition) is 4. The van der Waals surface area contributed by atoms with Crippen LogP contribution in [-0.4, -0.2) is 28.5 Å². The summed E-state index contributed by atoms with van der Waals surface area (Å²) in [4.78, 5) is 12.8. The van der Waals surface area contributed by atoms with Crippen molar-refractivity contribution in [2.45, 2.75) is 17.9 Å². The number of amides is 1. The molecule has 0 radical (unpaired) electrons. The highest BCUT2D eigenvalue weighted by molar-refractivity contribution is 7.92. The first kappa shape index (κ1) is 22.7. The Morgan fingerprint density at radius 3 is 2.35 bits per heavy atom. The van der Waals surface area contributed by atoms with E-state index >= 15 is 0 Å². The molecule has 31 heavy (non-hydrogen) atoms. The molecular formula is C23H23ClN2O4S. The number of benzene rings is 3. The minimum atomic E-state index is -3.86. The van der Waals surface area contributed by atoms with Crippen molar-refractivity contribution in [3.63, 3.8) is 0 Å².